The van der Waals surface area contributed by atoms with Crippen molar-refractivity contribution in [3.8, 4) is 5.75 Å². The van der Waals surface area contributed by atoms with Crippen LogP contribution < -0.4 is 5.32 Å². The van der Waals surface area contributed by atoms with Gasteiger partial charge in [-0.05, 0) is 24.1 Å². The molecule has 0 amide bonds. The van der Waals surface area contributed by atoms with Gasteiger partial charge in [0.15, 0.2) is 0 Å². The average molecular weight is 280 g/mol. The van der Waals surface area contributed by atoms with Crippen molar-refractivity contribution >= 4 is 11.6 Å². The van der Waals surface area contributed by atoms with E-state index in [0.29, 0.717) is 6.54 Å². The first-order valence-corrected chi connectivity index (χ1v) is 6.68. The smallest absolute Gasteiger partial charge is 0.115 e. The fourth-order valence-electron chi connectivity index (χ4n) is 1.95. The molecule has 0 saturated heterocycles. The van der Waals surface area contributed by atoms with Crippen LogP contribution in [0.15, 0.2) is 24.3 Å². The van der Waals surface area contributed by atoms with Crippen molar-refractivity contribution in [1.29, 1.82) is 0 Å². The van der Waals surface area contributed by atoms with Crippen LogP contribution in [0.1, 0.15) is 23.9 Å². The van der Waals surface area contributed by atoms with Gasteiger partial charge < -0.3 is 10.4 Å². The maximum absolute atomic E-state index is 9.21. The van der Waals surface area contributed by atoms with E-state index in [-0.39, 0.29) is 5.75 Å². The van der Waals surface area contributed by atoms with E-state index in [2.05, 4.69) is 10.4 Å². The normalized spacial score (nSPS) is 10.9. The van der Waals surface area contributed by atoms with E-state index in [0.717, 1.165) is 34.9 Å². The van der Waals surface area contributed by atoms with Crippen molar-refractivity contribution < 1.29 is 5.11 Å². The highest BCUT2D eigenvalue weighted by atomic mass is 35.5. The van der Waals surface area contributed by atoms with E-state index >= 15 is 0 Å². The van der Waals surface area contributed by atoms with Crippen molar-refractivity contribution in [2.24, 2.45) is 7.05 Å². The molecule has 0 bridgehead atoms. The Kier molecular flexibility index (Phi) is 4.45. The average Bonchev–Trinajstić information content (AvgIpc) is 2.68. The Hall–Kier alpha value is -1.52. The van der Waals surface area contributed by atoms with E-state index in [9.17, 15) is 5.11 Å². The molecule has 4 nitrogen and oxygen atoms in total. The summed E-state index contributed by atoms with van der Waals surface area (Å²) in [5, 5.41) is 17.7. The van der Waals surface area contributed by atoms with Crippen LogP contribution in [0.5, 0.6) is 5.75 Å². The third-order valence-corrected chi connectivity index (χ3v) is 3.50. The molecule has 5 heteroatoms. The first kappa shape index (κ1) is 13.9. The summed E-state index contributed by atoms with van der Waals surface area (Å²) in [4.78, 5) is 0. The number of phenolic OH excluding ortho intramolecular Hbond substituents is 1. The summed E-state index contributed by atoms with van der Waals surface area (Å²) >= 11 is 6.28. The standard InChI is InChI=1S/C14H18ClN3O/c1-3-12-14(15)13(18(2)17-12)9-16-8-10-4-6-11(19)7-5-10/h4-7,16,19H,3,8-9H2,1-2H3. The number of aromatic hydroxyl groups is 1. The molecule has 0 radical (unpaired) electrons. The maximum Gasteiger partial charge on any atom is 0.115 e. The lowest BCUT2D eigenvalue weighted by molar-refractivity contribution is 0.475. The maximum atomic E-state index is 9.21. The molecule has 1 aromatic carbocycles. The second-order valence-electron chi connectivity index (χ2n) is 4.45. The number of halogens is 1. The van der Waals surface area contributed by atoms with Gasteiger partial charge in [-0.1, -0.05) is 30.7 Å². The Morgan fingerprint density at radius 3 is 2.53 bits per heavy atom. The molecule has 0 aliphatic heterocycles. The van der Waals surface area contributed by atoms with Gasteiger partial charge in [0, 0.05) is 20.1 Å². The first-order valence-electron chi connectivity index (χ1n) is 6.30. The molecule has 0 unspecified atom stereocenters. The van der Waals surface area contributed by atoms with Gasteiger partial charge in [0.05, 0.1) is 16.4 Å². The summed E-state index contributed by atoms with van der Waals surface area (Å²) in [6.45, 7) is 3.44. The van der Waals surface area contributed by atoms with Crippen molar-refractivity contribution in [3.05, 3.63) is 46.2 Å². The van der Waals surface area contributed by atoms with E-state index in [1.54, 1.807) is 12.1 Å². The fraction of sp³-hybridized carbons (Fsp3) is 0.357. The molecule has 102 valence electrons. The highest BCUT2D eigenvalue weighted by molar-refractivity contribution is 6.31. The van der Waals surface area contributed by atoms with Crippen LogP contribution in [0.2, 0.25) is 5.02 Å². The van der Waals surface area contributed by atoms with Crippen LogP contribution in [-0.4, -0.2) is 14.9 Å². The molecule has 19 heavy (non-hydrogen) atoms. The summed E-state index contributed by atoms with van der Waals surface area (Å²) in [6, 6.07) is 7.15. The Morgan fingerprint density at radius 1 is 1.26 bits per heavy atom. The van der Waals surface area contributed by atoms with Gasteiger partial charge in [-0.25, -0.2) is 0 Å². The first-order chi connectivity index (χ1) is 9.11. The van der Waals surface area contributed by atoms with Crippen molar-refractivity contribution in [2.45, 2.75) is 26.4 Å². The number of hydrogen-bond donors (Lipinski definition) is 2. The number of benzene rings is 1. The molecule has 0 fully saturated rings. The molecular formula is C14H18ClN3O. The second kappa shape index (κ2) is 6.08. The number of phenols is 1. The number of aromatic nitrogens is 2. The Bertz CT molecular complexity index is 549. The molecule has 2 rings (SSSR count). The third-order valence-electron chi connectivity index (χ3n) is 3.06. The molecule has 0 aliphatic rings. The minimum atomic E-state index is 0.283. The van der Waals surface area contributed by atoms with Crippen molar-refractivity contribution in [3.63, 3.8) is 0 Å². The van der Waals surface area contributed by atoms with Crippen LogP contribution in [0, 0.1) is 0 Å². The van der Waals surface area contributed by atoms with Crippen LogP contribution >= 0.6 is 11.6 Å². The molecule has 1 heterocycles. The lowest BCUT2D eigenvalue weighted by Crippen LogP contribution is -2.15. The van der Waals surface area contributed by atoms with Gasteiger partial charge in [-0.2, -0.15) is 5.10 Å². The van der Waals surface area contributed by atoms with Gasteiger partial charge in [-0.15, -0.1) is 0 Å². The molecule has 0 spiro atoms. The zero-order chi connectivity index (χ0) is 13.8. The largest absolute Gasteiger partial charge is 0.508 e. The number of aryl methyl sites for hydroxylation is 2. The monoisotopic (exact) mass is 279 g/mol. The Labute approximate surface area is 118 Å². The minimum absolute atomic E-state index is 0.283. The second-order valence-corrected chi connectivity index (χ2v) is 4.83. The summed E-state index contributed by atoms with van der Waals surface area (Å²) < 4.78 is 1.82. The molecule has 1 aromatic heterocycles. The zero-order valence-corrected chi connectivity index (χ0v) is 11.9. The molecular weight excluding hydrogens is 262 g/mol. The lowest BCUT2D eigenvalue weighted by Gasteiger charge is -2.06. The van der Waals surface area contributed by atoms with Gasteiger partial charge in [-0.3, -0.25) is 4.68 Å². The summed E-state index contributed by atoms with van der Waals surface area (Å²) in [5.74, 6) is 0.283. The van der Waals surface area contributed by atoms with Gasteiger partial charge >= 0.3 is 0 Å². The van der Waals surface area contributed by atoms with Gasteiger partial charge in [0.1, 0.15) is 5.75 Å². The predicted octanol–water partition coefficient (Wildman–Crippen LogP) is 2.63. The summed E-state index contributed by atoms with van der Waals surface area (Å²) in [7, 11) is 1.91. The summed E-state index contributed by atoms with van der Waals surface area (Å²) in [6.07, 6.45) is 0.838. The van der Waals surface area contributed by atoms with Crippen LogP contribution in [0.3, 0.4) is 0 Å². The third kappa shape index (κ3) is 3.28. The summed E-state index contributed by atoms with van der Waals surface area (Å²) in [5.41, 5.74) is 3.05. The SMILES string of the molecule is CCc1nn(C)c(CNCc2ccc(O)cc2)c1Cl. The zero-order valence-electron chi connectivity index (χ0n) is 11.2. The van der Waals surface area contributed by atoms with E-state index in [1.165, 1.54) is 0 Å². The molecule has 0 saturated carbocycles. The van der Waals surface area contributed by atoms with E-state index in [1.807, 2.05) is 30.8 Å². The number of rotatable bonds is 5. The van der Waals surface area contributed by atoms with Crippen molar-refractivity contribution in [1.82, 2.24) is 15.1 Å². The Morgan fingerprint density at radius 2 is 1.95 bits per heavy atom. The number of hydrogen-bond acceptors (Lipinski definition) is 3. The highest BCUT2D eigenvalue weighted by Gasteiger charge is 2.12. The molecule has 2 aromatic rings. The van der Waals surface area contributed by atoms with Crippen molar-refractivity contribution in [2.75, 3.05) is 0 Å². The quantitative estimate of drug-likeness (QED) is 0.885. The van der Waals surface area contributed by atoms with E-state index in [4.69, 9.17) is 11.6 Å². The van der Waals surface area contributed by atoms with E-state index < -0.39 is 0 Å². The fourth-order valence-corrected chi connectivity index (χ4v) is 2.31. The number of nitrogens with zero attached hydrogens (tertiary/aromatic N) is 2. The molecule has 2 N–H and O–H groups in total. The topological polar surface area (TPSA) is 50.1 Å². The van der Waals surface area contributed by atoms with Crippen LogP contribution in [-0.2, 0) is 26.6 Å². The minimum Gasteiger partial charge on any atom is -0.508 e. The lowest BCUT2D eigenvalue weighted by atomic mass is 10.2. The van der Waals surface area contributed by atoms with Gasteiger partial charge in [0.2, 0.25) is 0 Å². The molecule has 0 aliphatic carbocycles. The Balaban J connectivity index is 1.96. The highest BCUT2D eigenvalue weighted by Crippen LogP contribution is 2.20. The molecule has 0 atom stereocenters. The van der Waals surface area contributed by atoms with Crippen LogP contribution in [0.4, 0.5) is 0 Å². The van der Waals surface area contributed by atoms with Gasteiger partial charge in [0.25, 0.3) is 0 Å². The van der Waals surface area contributed by atoms with Crippen LogP contribution in [0.25, 0.3) is 0 Å². The predicted molar refractivity (Wildman–Crippen MR) is 76.2 cm³/mol. The number of nitrogens with one attached hydrogen (secondary N) is 1.